The van der Waals surface area contributed by atoms with Gasteiger partial charge in [0.2, 0.25) is 0 Å². The Morgan fingerprint density at radius 1 is 1.28 bits per heavy atom. The molecule has 0 aliphatic heterocycles. The van der Waals surface area contributed by atoms with Crippen LogP contribution in [0.2, 0.25) is 5.02 Å². The lowest BCUT2D eigenvalue weighted by molar-refractivity contribution is -0.142. The highest BCUT2D eigenvalue weighted by atomic mass is 35.5. The maximum Gasteiger partial charge on any atom is 0.356 e. The van der Waals surface area contributed by atoms with Gasteiger partial charge in [-0.05, 0) is 36.5 Å². The van der Waals surface area contributed by atoms with Crippen molar-refractivity contribution in [3.63, 3.8) is 0 Å². The van der Waals surface area contributed by atoms with Crippen molar-refractivity contribution >= 4 is 41.0 Å². The highest BCUT2D eigenvalue weighted by molar-refractivity contribution is 6.44. The number of nitrogens with zero attached hydrogens (tertiary/aromatic N) is 1. The summed E-state index contributed by atoms with van der Waals surface area (Å²) in [5.41, 5.74) is 7.36. The molecular formula is C20H23Cl2N3O4. The van der Waals surface area contributed by atoms with Crippen LogP contribution < -0.4 is 11.1 Å². The number of benzene rings is 1. The van der Waals surface area contributed by atoms with Crippen molar-refractivity contribution in [2.75, 3.05) is 14.2 Å². The van der Waals surface area contributed by atoms with Gasteiger partial charge in [0.15, 0.2) is 6.04 Å². The van der Waals surface area contributed by atoms with Gasteiger partial charge < -0.3 is 20.5 Å². The van der Waals surface area contributed by atoms with E-state index in [0.29, 0.717) is 10.7 Å². The number of hydrogen-bond donors (Lipinski definition) is 2. The van der Waals surface area contributed by atoms with E-state index in [1.165, 1.54) is 14.2 Å². The summed E-state index contributed by atoms with van der Waals surface area (Å²) in [6, 6.07) is 5.98. The van der Waals surface area contributed by atoms with Crippen LogP contribution in [-0.4, -0.2) is 38.0 Å². The first-order valence-corrected chi connectivity index (χ1v) is 9.62. The molecule has 1 saturated carbocycles. The van der Waals surface area contributed by atoms with Gasteiger partial charge in [0.25, 0.3) is 0 Å². The highest BCUT2D eigenvalue weighted by Gasteiger charge is 2.28. The Labute approximate surface area is 179 Å². The number of allylic oxidation sites excluding steroid dienone is 1. The first-order valence-electron chi connectivity index (χ1n) is 8.86. The minimum Gasteiger partial charge on any atom is -0.467 e. The van der Waals surface area contributed by atoms with E-state index in [9.17, 15) is 9.59 Å². The number of hydrogen-bond acceptors (Lipinski definition) is 6. The van der Waals surface area contributed by atoms with Crippen molar-refractivity contribution in [2.24, 2.45) is 16.6 Å². The van der Waals surface area contributed by atoms with E-state index in [-0.39, 0.29) is 28.9 Å². The predicted molar refractivity (Wildman–Crippen MR) is 112 cm³/mol. The van der Waals surface area contributed by atoms with Gasteiger partial charge in [-0.3, -0.25) is 4.99 Å². The Kier molecular flexibility index (Phi) is 8.10. The molecule has 0 amide bonds. The van der Waals surface area contributed by atoms with Gasteiger partial charge in [-0.2, -0.15) is 0 Å². The SMILES string of the molecule is C=C(NC(C(=O)OC)=C(Cl)C(N)=N[C@@H](Cc1ccc(Cl)cc1)C(=O)OC)C1CC1. The molecule has 9 heteroatoms. The molecule has 156 valence electrons. The van der Waals surface area contributed by atoms with Crippen molar-refractivity contribution in [1.29, 1.82) is 0 Å². The smallest absolute Gasteiger partial charge is 0.356 e. The van der Waals surface area contributed by atoms with Crippen molar-refractivity contribution < 1.29 is 19.1 Å². The summed E-state index contributed by atoms with van der Waals surface area (Å²) in [7, 11) is 2.47. The van der Waals surface area contributed by atoms with E-state index in [0.717, 1.165) is 18.4 Å². The van der Waals surface area contributed by atoms with E-state index in [2.05, 4.69) is 16.9 Å². The molecule has 0 bridgehead atoms. The molecule has 0 unspecified atom stereocenters. The summed E-state index contributed by atoms with van der Waals surface area (Å²) in [6.45, 7) is 3.90. The fourth-order valence-electron chi connectivity index (χ4n) is 2.51. The molecule has 1 aromatic rings. The van der Waals surface area contributed by atoms with Crippen LogP contribution in [0.1, 0.15) is 18.4 Å². The molecule has 1 aliphatic rings. The molecule has 2 rings (SSSR count). The first-order chi connectivity index (χ1) is 13.8. The summed E-state index contributed by atoms with van der Waals surface area (Å²) < 4.78 is 9.58. The van der Waals surface area contributed by atoms with Crippen molar-refractivity contribution in [2.45, 2.75) is 25.3 Å². The molecule has 0 radical (unpaired) electrons. The standard InChI is InChI=1S/C20H23Cl2N3O4/c1-11(13-6-7-13)24-17(20(27)29-3)16(22)18(23)25-15(19(26)28-2)10-12-4-8-14(21)9-5-12/h4-5,8-9,13,15,24H,1,6-7,10H2,2-3H3,(H2,23,25)/t15-/m0/s1. The van der Waals surface area contributed by atoms with Crippen LogP contribution in [0.3, 0.4) is 0 Å². The normalized spacial score (nSPS) is 15.8. The van der Waals surface area contributed by atoms with E-state index in [1.807, 2.05) is 0 Å². The average molecular weight is 440 g/mol. The molecule has 1 aliphatic carbocycles. The maximum atomic E-state index is 12.2. The second-order valence-electron chi connectivity index (χ2n) is 6.49. The number of carbonyl (C=O) groups is 2. The Morgan fingerprint density at radius 2 is 1.90 bits per heavy atom. The van der Waals surface area contributed by atoms with Gasteiger partial charge in [-0.15, -0.1) is 0 Å². The third kappa shape index (κ3) is 6.51. The van der Waals surface area contributed by atoms with Crippen LogP contribution in [0.5, 0.6) is 0 Å². The number of rotatable bonds is 9. The van der Waals surface area contributed by atoms with Crippen molar-refractivity contribution in [3.8, 4) is 0 Å². The van der Waals surface area contributed by atoms with Gasteiger partial charge in [0.1, 0.15) is 16.6 Å². The van der Waals surface area contributed by atoms with E-state index in [1.54, 1.807) is 24.3 Å². The zero-order valence-electron chi connectivity index (χ0n) is 16.2. The molecule has 1 atom stereocenters. The average Bonchev–Trinajstić information content (AvgIpc) is 3.56. The molecule has 3 N–H and O–H groups in total. The van der Waals surface area contributed by atoms with Crippen molar-refractivity contribution in [3.05, 3.63) is 57.9 Å². The quantitative estimate of drug-likeness (QED) is 0.265. The van der Waals surface area contributed by atoms with Crippen LogP contribution in [0.4, 0.5) is 0 Å². The van der Waals surface area contributed by atoms with Gasteiger partial charge in [0.05, 0.1) is 14.2 Å². The number of methoxy groups -OCH3 is 2. The number of nitrogens with one attached hydrogen (secondary N) is 1. The Morgan fingerprint density at radius 3 is 2.41 bits per heavy atom. The third-order valence-corrected chi connectivity index (χ3v) is 4.93. The summed E-state index contributed by atoms with van der Waals surface area (Å²) in [4.78, 5) is 28.5. The second kappa shape index (κ2) is 10.3. The molecule has 0 aromatic heterocycles. The van der Waals surface area contributed by atoms with Crippen LogP contribution in [-0.2, 0) is 25.5 Å². The second-order valence-corrected chi connectivity index (χ2v) is 7.30. The van der Waals surface area contributed by atoms with Crippen LogP contribution in [0, 0.1) is 5.92 Å². The number of esters is 2. The molecule has 0 saturated heterocycles. The number of aliphatic imine (C=N–C) groups is 1. The summed E-state index contributed by atoms with van der Waals surface area (Å²) in [5.74, 6) is -1.25. The minimum atomic E-state index is -0.958. The maximum absolute atomic E-state index is 12.2. The fourth-order valence-corrected chi connectivity index (χ4v) is 2.81. The summed E-state index contributed by atoms with van der Waals surface area (Å²) in [5, 5.41) is 3.28. The van der Waals surface area contributed by atoms with Crippen molar-refractivity contribution in [1.82, 2.24) is 5.32 Å². The molecule has 7 nitrogen and oxygen atoms in total. The Bertz CT molecular complexity index is 846. The lowest BCUT2D eigenvalue weighted by Gasteiger charge is -2.15. The van der Waals surface area contributed by atoms with E-state index < -0.39 is 18.0 Å². The van der Waals surface area contributed by atoms with E-state index in [4.69, 9.17) is 38.4 Å². The zero-order valence-corrected chi connectivity index (χ0v) is 17.7. The molecule has 29 heavy (non-hydrogen) atoms. The van der Waals surface area contributed by atoms with Gasteiger partial charge in [0, 0.05) is 17.1 Å². The molecular weight excluding hydrogens is 417 g/mol. The lowest BCUT2D eigenvalue weighted by atomic mass is 10.1. The van der Waals surface area contributed by atoms with Gasteiger partial charge in [-0.1, -0.05) is 41.9 Å². The molecule has 0 heterocycles. The monoisotopic (exact) mass is 439 g/mol. The lowest BCUT2D eigenvalue weighted by Crippen LogP contribution is -2.30. The molecule has 0 spiro atoms. The van der Waals surface area contributed by atoms with Crippen LogP contribution in [0.25, 0.3) is 0 Å². The molecule has 1 fully saturated rings. The number of nitrogens with two attached hydrogens (primary N) is 1. The van der Waals surface area contributed by atoms with Gasteiger partial charge >= 0.3 is 11.9 Å². The topological polar surface area (TPSA) is 103 Å². The highest BCUT2D eigenvalue weighted by Crippen LogP contribution is 2.34. The van der Waals surface area contributed by atoms with Crippen LogP contribution in [0.15, 0.2) is 52.3 Å². The third-order valence-electron chi connectivity index (χ3n) is 4.30. The molecule has 1 aromatic carbocycles. The zero-order chi connectivity index (χ0) is 21.6. The largest absolute Gasteiger partial charge is 0.467 e. The predicted octanol–water partition coefficient (Wildman–Crippen LogP) is 2.92. The summed E-state index contributed by atoms with van der Waals surface area (Å²) in [6.07, 6.45) is 2.17. The van der Waals surface area contributed by atoms with E-state index >= 15 is 0 Å². The number of halogens is 2. The fraction of sp³-hybridized carbons (Fsp3) is 0.350. The number of ether oxygens (including phenoxy) is 2. The van der Waals surface area contributed by atoms with Gasteiger partial charge in [-0.25, -0.2) is 9.59 Å². The minimum absolute atomic E-state index is 0.0811. The Balaban J connectivity index is 2.31. The Hall–Kier alpha value is -2.51. The number of amidine groups is 1. The van der Waals surface area contributed by atoms with Crippen LogP contribution >= 0.6 is 23.2 Å². The number of carbonyl (C=O) groups excluding carboxylic acids is 2. The first kappa shape index (κ1) is 22.8. The summed E-state index contributed by atoms with van der Waals surface area (Å²) >= 11 is 12.2.